The molecule has 0 spiro atoms. The molecule has 6 nitrogen and oxygen atoms in total. The standard InChI is InChI=1S/C19H34N4O2/c1-7-17(14(2)3)21-15-12-20-23(13-15)16-8-10-22(11-9-16)18(24)25-19(4,5)6/h12-14,16-17,21H,7-11H2,1-6H3. The van der Waals surface area contributed by atoms with E-state index in [1.807, 2.05) is 31.6 Å². The van der Waals surface area contributed by atoms with E-state index in [2.05, 4.69) is 37.4 Å². The van der Waals surface area contributed by atoms with Crippen molar-refractivity contribution in [2.24, 2.45) is 5.92 Å². The topological polar surface area (TPSA) is 59.4 Å². The van der Waals surface area contributed by atoms with Crippen molar-refractivity contribution in [3.8, 4) is 0 Å². The van der Waals surface area contributed by atoms with Crippen molar-refractivity contribution in [3.05, 3.63) is 12.4 Å². The Bertz CT molecular complexity index is 554. The predicted octanol–water partition coefficient (Wildman–Crippen LogP) is 4.30. The second-order valence-corrected chi connectivity index (χ2v) is 8.31. The molecule has 1 atom stereocenters. The fraction of sp³-hybridized carbons (Fsp3) is 0.789. The SMILES string of the molecule is CCC(Nc1cnn(C2CCN(C(=O)OC(C)(C)C)CC2)c1)C(C)C. The van der Waals surface area contributed by atoms with Gasteiger partial charge in [-0.2, -0.15) is 5.10 Å². The van der Waals surface area contributed by atoms with Crippen LogP contribution in [0.25, 0.3) is 0 Å². The number of likely N-dealkylation sites (tertiary alicyclic amines) is 1. The number of amides is 1. The molecule has 0 bridgehead atoms. The molecule has 1 amide bonds. The Labute approximate surface area is 151 Å². The van der Waals surface area contributed by atoms with Crippen LogP contribution in [-0.4, -0.2) is 45.5 Å². The van der Waals surface area contributed by atoms with Crippen LogP contribution in [0, 0.1) is 5.92 Å². The van der Waals surface area contributed by atoms with Crippen LogP contribution in [0.15, 0.2) is 12.4 Å². The number of ether oxygens (including phenoxy) is 1. The predicted molar refractivity (Wildman–Crippen MR) is 101 cm³/mol. The van der Waals surface area contributed by atoms with Crippen molar-refractivity contribution in [3.63, 3.8) is 0 Å². The summed E-state index contributed by atoms with van der Waals surface area (Å²) in [7, 11) is 0. The highest BCUT2D eigenvalue weighted by Crippen LogP contribution is 2.25. The normalized spacial score (nSPS) is 17.6. The summed E-state index contributed by atoms with van der Waals surface area (Å²) >= 11 is 0. The molecule has 0 saturated carbocycles. The lowest BCUT2D eigenvalue weighted by atomic mass is 10.0. The Morgan fingerprint density at radius 1 is 1.36 bits per heavy atom. The van der Waals surface area contributed by atoms with E-state index in [0.717, 1.165) is 24.9 Å². The van der Waals surface area contributed by atoms with Gasteiger partial charge in [-0.3, -0.25) is 4.68 Å². The Kier molecular flexibility index (Phi) is 6.36. The summed E-state index contributed by atoms with van der Waals surface area (Å²) in [6, 6.07) is 0.806. The summed E-state index contributed by atoms with van der Waals surface area (Å²) in [5.41, 5.74) is 0.637. The van der Waals surface area contributed by atoms with Gasteiger partial charge in [0.1, 0.15) is 5.60 Å². The second-order valence-electron chi connectivity index (χ2n) is 8.31. The first kappa shape index (κ1) is 19.6. The summed E-state index contributed by atoms with van der Waals surface area (Å²) in [5, 5.41) is 8.11. The molecule has 1 aromatic heterocycles. The van der Waals surface area contributed by atoms with Crippen molar-refractivity contribution < 1.29 is 9.53 Å². The zero-order valence-corrected chi connectivity index (χ0v) is 16.6. The molecule has 1 fully saturated rings. The number of nitrogens with one attached hydrogen (secondary N) is 1. The third-order valence-corrected chi connectivity index (χ3v) is 4.69. The van der Waals surface area contributed by atoms with Crippen LogP contribution in [0.3, 0.4) is 0 Å². The number of carbonyl (C=O) groups excluding carboxylic acids is 1. The van der Waals surface area contributed by atoms with Crippen LogP contribution in [-0.2, 0) is 4.74 Å². The summed E-state index contributed by atoms with van der Waals surface area (Å²) in [6.07, 6.45) is 6.70. The Morgan fingerprint density at radius 3 is 2.52 bits per heavy atom. The average molecular weight is 351 g/mol. The Hall–Kier alpha value is -1.72. The van der Waals surface area contributed by atoms with Gasteiger partial charge in [0.25, 0.3) is 0 Å². The molecule has 0 radical (unpaired) electrons. The third-order valence-electron chi connectivity index (χ3n) is 4.69. The first-order chi connectivity index (χ1) is 11.7. The smallest absolute Gasteiger partial charge is 0.410 e. The molecule has 0 aromatic carbocycles. The molecule has 142 valence electrons. The molecule has 1 unspecified atom stereocenters. The molecule has 25 heavy (non-hydrogen) atoms. The van der Waals surface area contributed by atoms with Gasteiger partial charge in [-0.25, -0.2) is 4.79 Å². The van der Waals surface area contributed by atoms with E-state index in [1.165, 1.54) is 0 Å². The van der Waals surface area contributed by atoms with Crippen molar-refractivity contribution >= 4 is 11.8 Å². The number of aromatic nitrogens is 2. The number of hydrogen-bond acceptors (Lipinski definition) is 4. The van der Waals surface area contributed by atoms with Crippen LogP contribution < -0.4 is 5.32 Å². The van der Waals surface area contributed by atoms with E-state index < -0.39 is 5.60 Å². The monoisotopic (exact) mass is 350 g/mol. The maximum Gasteiger partial charge on any atom is 0.410 e. The summed E-state index contributed by atoms with van der Waals surface area (Å²) in [6.45, 7) is 13.8. The maximum atomic E-state index is 12.2. The number of nitrogens with zero attached hydrogens (tertiary/aromatic N) is 3. The highest BCUT2D eigenvalue weighted by Gasteiger charge is 2.28. The maximum absolute atomic E-state index is 12.2. The molecular weight excluding hydrogens is 316 g/mol. The van der Waals surface area contributed by atoms with E-state index >= 15 is 0 Å². The number of hydrogen-bond donors (Lipinski definition) is 1. The quantitative estimate of drug-likeness (QED) is 0.860. The van der Waals surface area contributed by atoms with Crippen LogP contribution in [0.4, 0.5) is 10.5 Å². The first-order valence-corrected chi connectivity index (χ1v) is 9.48. The largest absolute Gasteiger partial charge is 0.444 e. The molecule has 1 aromatic rings. The van der Waals surface area contributed by atoms with Gasteiger partial charge in [-0.05, 0) is 46.0 Å². The Morgan fingerprint density at radius 2 is 2.00 bits per heavy atom. The van der Waals surface area contributed by atoms with E-state index in [4.69, 9.17) is 4.74 Å². The number of rotatable bonds is 5. The lowest BCUT2D eigenvalue weighted by molar-refractivity contribution is 0.0185. The van der Waals surface area contributed by atoms with Gasteiger partial charge in [0.05, 0.1) is 17.9 Å². The number of carbonyl (C=O) groups is 1. The zero-order chi connectivity index (χ0) is 18.6. The minimum atomic E-state index is -0.442. The van der Waals surface area contributed by atoms with Gasteiger partial charge in [-0.15, -0.1) is 0 Å². The van der Waals surface area contributed by atoms with Gasteiger partial charge < -0.3 is 15.0 Å². The van der Waals surface area contributed by atoms with Crippen LogP contribution in [0.1, 0.15) is 66.8 Å². The lowest BCUT2D eigenvalue weighted by Crippen LogP contribution is -2.42. The van der Waals surface area contributed by atoms with E-state index in [0.29, 0.717) is 31.1 Å². The first-order valence-electron chi connectivity index (χ1n) is 9.48. The van der Waals surface area contributed by atoms with Crippen molar-refractivity contribution in [1.29, 1.82) is 0 Å². The van der Waals surface area contributed by atoms with Crippen LogP contribution in [0.2, 0.25) is 0 Å². The Balaban J connectivity index is 1.88. The molecule has 1 saturated heterocycles. The van der Waals surface area contributed by atoms with E-state index in [1.54, 1.807) is 4.90 Å². The van der Waals surface area contributed by atoms with Crippen LogP contribution in [0.5, 0.6) is 0 Å². The van der Waals surface area contributed by atoms with Gasteiger partial charge in [0.15, 0.2) is 0 Å². The van der Waals surface area contributed by atoms with Crippen molar-refractivity contribution in [2.45, 2.75) is 78.5 Å². The molecule has 1 aliphatic heterocycles. The molecule has 2 heterocycles. The van der Waals surface area contributed by atoms with Gasteiger partial charge >= 0.3 is 6.09 Å². The van der Waals surface area contributed by atoms with Gasteiger partial charge in [0.2, 0.25) is 0 Å². The van der Waals surface area contributed by atoms with Crippen LogP contribution >= 0.6 is 0 Å². The highest BCUT2D eigenvalue weighted by molar-refractivity contribution is 5.68. The second kappa shape index (κ2) is 8.11. The third kappa shape index (κ3) is 5.65. The zero-order valence-electron chi connectivity index (χ0n) is 16.6. The summed E-state index contributed by atoms with van der Waals surface area (Å²) < 4.78 is 7.50. The minimum Gasteiger partial charge on any atom is -0.444 e. The lowest BCUT2D eigenvalue weighted by Gasteiger charge is -2.33. The fourth-order valence-electron chi connectivity index (χ4n) is 3.21. The van der Waals surface area contributed by atoms with Gasteiger partial charge in [-0.1, -0.05) is 20.8 Å². The number of piperidine rings is 1. The molecule has 0 aliphatic carbocycles. The van der Waals surface area contributed by atoms with E-state index in [-0.39, 0.29) is 6.09 Å². The fourth-order valence-corrected chi connectivity index (χ4v) is 3.21. The van der Waals surface area contributed by atoms with Crippen molar-refractivity contribution in [1.82, 2.24) is 14.7 Å². The minimum absolute atomic E-state index is 0.212. The van der Waals surface area contributed by atoms with Gasteiger partial charge in [0, 0.05) is 25.3 Å². The molecule has 2 rings (SSSR count). The van der Waals surface area contributed by atoms with E-state index in [9.17, 15) is 4.79 Å². The summed E-state index contributed by atoms with van der Waals surface area (Å²) in [5.74, 6) is 0.588. The average Bonchev–Trinajstić information content (AvgIpc) is 2.99. The molecule has 1 N–H and O–H groups in total. The molecular formula is C19H34N4O2. The highest BCUT2D eigenvalue weighted by atomic mass is 16.6. The summed E-state index contributed by atoms with van der Waals surface area (Å²) in [4.78, 5) is 14.0. The van der Waals surface area contributed by atoms with Crippen molar-refractivity contribution in [2.75, 3.05) is 18.4 Å². The molecule has 1 aliphatic rings. The molecule has 6 heteroatoms. The number of anilines is 1.